The van der Waals surface area contributed by atoms with Gasteiger partial charge in [-0.1, -0.05) is 18.6 Å². The molecule has 1 saturated heterocycles. The van der Waals surface area contributed by atoms with Gasteiger partial charge in [-0.05, 0) is 64.3 Å². The van der Waals surface area contributed by atoms with Gasteiger partial charge in [0.15, 0.2) is 11.4 Å². The number of phenolic OH excluding ortho intramolecular Hbond substituents is 1. The number of primary amides is 1. The topological polar surface area (TPSA) is 165 Å². The zero-order valence-electron chi connectivity index (χ0n) is 21.0. The van der Waals surface area contributed by atoms with E-state index in [0.717, 1.165) is 25.9 Å². The number of carbonyl (C=O) groups excluding carboxylic acids is 3. The van der Waals surface area contributed by atoms with Crippen LogP contribution in [0.1, 0.15) is 47.2 Å². The van der Waals surface area contributed by atoms with E-state index in [2.05, 4.69) is 4.90 Å². The number of nitrogens with two attached hydrogens (primary N) is 1. The molecule has 0 saturated carbocycles. The summed E-state index contributed by atoms with van der Waals surface area (Å²) in [7, 11) is 3.21. The number of likely N-dealkylation sites (tertiary alicyclic amines) is 1. The van der Waals surface area contributed by atoms with Gasteiger partial charge in [0.05, 0.1) is 11.6 Å². The summed E-state index contributed by atoms with van der Waals surface area (Å²) >= 11 is 0. The lowest BCUT2D eigenvalue weighted by molar-refractivity contribution is -0.148. The summed E-state index contributed by atoms with van der Waals surface area (Å²) in [6.07, 6.45) is 3.70. The van der Waals surface area contributed by atoms with Crippen LogP contribution in [0.5, 0.6) is 5.75 Å². The van der Waals surface area contributed by atoms with Crippen molar-refractivity contribution in [3.05, 3.63) is 51.5 Å². The van der Waals surface area contributed by atoms with Gasteiger partial charge < -0.3 is 26.2 Å². The van der Waals surface area contributed by atoms with Crippen LogP contribution in [0.15, 0.2) is 34.8 Å². The largest absolute Gasteiger partial charge is 0.510 e. The molecular formula is C27H33N3O7. The number of ketones is 2. The molecule has 0 unspecified atom stereocenters. The molecule has 3 aliphatic carbocycles. The number of benzene rings is 1. The lowest BCUT2D eigenvalue weighted by Gasteiger charge is -2.50. The molecule has 0 spiro atoms. The third-order valence-electron chi connectivity index (χ3n) is 8.52. The van der Waals surface area contributed by atoms with Crippen molar-refractivity contribution in [2.24, 2.45) is 17.6 Å². The van der Waals surface area contributed by atoms with E-state index in [0.29, 0.717) is 24.1 Å². The number of phenols is 1. The number of fused-ring (bicyclic) bond motifs is 3. The maximum absolute atomic E-state index is 13.8. The molecule has 0 radical (unpaired) electrons. The highest BCUT2D eigenvalue weighted by Crippen LogP contribution is 2.52. The van der Waals surface area contributed by atoms with Crippen LogP contribution in [0.4, 0.5) is 0 Å². The fraction of sp³-hybridized carbons (Fsp3) is 0.519. The van der Waals surface area contributed by atoms with Crippen molar-refractivity contribution in [1.29, 1.82) is 0 Å². The molecule has 198 valence electrons. The second-order valence-corrected chi connectivity index (χ2v) is 10.9. The van der Waals surface area contributed by atoms with Crippen LogP contribution >= 0.6 is 0 Å². The first-order valence-corrected chi connectivity index (χ1v) is 12.7. The quantitative estimate of drug-likeness (QED) is 0.372. The van der Waals surface area contributed by atoms with Crippen LogP contribution in [-0.4, -0.2) is 86.5 Å². The van der Waals surface area contributed by atoms with Crippen LogP contribution in [0.3, 0.4) is 0 Å². The molecule has 37 heavy (non-hydrogen) atoms. The predicted octanol–water partition coefficient (Wildman–Crippen LogP) is 1.11. The van der Waals surface area contributed by atoms with Crippen molar-refractivity contribution in [3.8, 4) is 5.75 Å². The van der Waals surface area contributed by atoms with Gasteiger partial charge in [-0.2, -0.15) is 0 Å². The summed E-state index contributed by atoms with van der Waals surface area (Å²) in [6, 6.07) is 2.65. The SMILES string of the molecule is CN(C)[C@H]1C(O)=C(C(N)=O)C(=O)[C@@]2(O)C(O)=C3C(=O)c4c(ccc(CN5CCCCC5)c4O)C[C@H]3C[C@@H]12. The van der Waals surface area contributed by atoms with Gasteiger partial charge in [0.25, 0.3) is 5.91 Å². The van der Waals surface area contributed by atoms with Crippen molar-refractivity contribution in [3.63, 3.8) is 0 Å². The molecule has 6 N–H and O–H groups in total. The molecule has 0 bridgehead atoms. The van der Waals surface area contributed by atoms with E-state index in [-0.39, 0.29) is 23.3 Å². The number of carbonyl (C=O) groups is 3. The van der Waals surface area contributed by atoms with E-state index in [1.54, 1.807) is 14.1 Å². The number of Topliss-reactive ketones (excluding diaryl/α,β-unsaturated/α-hetero) is 2. The molecule has 1 heterocycles. The minimum absolute atomic E-state index is 0.0651. The van der Waals surface area contributed by atoms with Crippen LogP contribution in [-0.2, 0) is 22.6 Å². The molecule has 1 amide bonds. The Balaban J connectivity index is 1.60. The zero-order chi connectivity index (χ0) is 26.8. The molecule has 0 aromatic heterocycles. The van der Waals surface area contributed by atoms with E-state index in [1.807, 2.05) is 12.1 Å². The molecule has 5 rings (SSSR count). The molecule has 4 atom stereocenters. The highest BCUT2D eigenvalue weighted by atomic mass is 16.3. The number of hydrogen-bond acceptors (Lipinski definition) is 9. The minimum Gasteiger partial charge on any atom is -0.510 e. The van der Waals surface area contributed by atoms with Crippen LogP contribution < -0.4 is 5.73 Å². The molecule has 1 aromatic carbocycles. The number of aromatic hydroxyl groups is 1. The van der Waals surface area contributed by atoms with E-state index < -0.39 is 58.0 Å². The van der Waals surface area contributed by atoms with E-state index in [4.69, 9.17) is 5.73 Å². The molecule has 1 fully saturated rings. The molecule has 4 aliphatic rings. The first kappa shape index (κ1) is 25.4. The number of nitrogens with zero attached hydrogens (tertiary/aromatic N) is 2. The molecule has 10 nitrogen and oxygen atoms in total. The Morgan fingerprint density at radius 2 is 1.81 bits per heavy atom. The van der Waals surface area contributed by atoms with Crippen LogP contribution in [0.25, 0.3) is 0 Å². The lowest BCUT2D eigenvalue weighted by Crippen LogP contribution is -2.63. The van der Waals surface area contributed by atoms with Gasteiger partial charge in [0.1, 0.15) is 22.8 Å². The number of amides is 1. The minimum atomic E-state index is -2.62. The Morgan fingerprint density at radius 3 is 2.43 bits per heavy atom. The standard InChI is InChI=1S/C27H33N3O7/c1-29(2)20-16-11-15-10-13-6-7-14(12-30-8-4-3-5-9-30)21(31)17(13)22(32)18(15)24(34)27(16,37)25(35)19(23(20)33)26(28)36/h6-7,15-16,20,31,33-34,37H,3-5,8-12H2,1-2H3,(H2,28,36)/t15-,16-,20+,27-/m0/s1. The summed E-state index contributed by atoms with van der Waals surface area (Å²) in [4.78, 5) is 42.9. The van der Waals surface area contributed by atoms with E-state index in [9.17, 15) is 34.8 Å². The third-order valence-corrected chi connectivity index (χ3v) is 8.52. The Kier molecular flexibility index (Phi) is 6.17. The average Bonchev–Trinajstić information content (AvgIpc) is 2.83. The number of hydrogen-bond donors (Lipinski definition) is 5. The fourth-order valence-corrected chi connectivity index (χ4v) is 6.75. The Morgan fingerprint density at radius 1 is 1.14 bits per heavy atom. The second kappa shape index (κ2) is 8.97. The molecule has 1 aliphatic heterocycles. The van der Waals surface area contributed by atoms with Crippen molar-refractivity contribution < 1.29 is 34.8 Å². The second-order valence-electron chi connectivity index (χ2n) is 10.9. The molecular weight excluding hydrogens is 478 g/mol. The summed E-state index contributed by atoms with van der Waals surface area (Å²) in [6.45, 7) is 2.30. The van der Waals surface area contributed by atoms with Crippen molar-refractivity contribution in [2.45, 2.75) is 50.3 Å². The van der Waals surface area contributed by atoms with Crippen LogP contribution in [0, 0.1) is 11.8 Å². The summed E-state index contributed by atoms with van der Waals surface area (Å²) < 4.78 is 0. The maximum Gasteiger partial charge on any atom is 0.255 e. The van der Waals surface area contributed by atoms with Crippen molar-refractivity contribution in [1.82, 2.24) is 9.80 Å². The third kappa shape index (κ3) is 3.69. The van der Waals surface area contributed by atoms with Crippen molar-refractivity contribution in [2.75, 3.05) is 27.2 Å². The van der Waals surface area contributed by atoms with E-state index in [1.165, 1.54) is 11.3 Å². The van der Waals surface area contributed by atoms with E-state index >= 15 is 0 Å². The van der Waals surface area contributed by atoms with Gasteiger partial charge in [0, 0.05) is 23.6 Å². The first-order valence-electron chi connectivity index (χ1n) is 12.7. The molecule has 10 heteroatoms. The summed E-state index contributed by atoms with van der Waals surface area (Å²) in [5.41, 5.74) is 3.10. The number of likely N-dealkylation sites (N-methyl/N-ethyl adjacent to an activating group) is 1. The monoisotopic (exact) mass is 511 g/mol. The Labute approximate surface area is 214 Å². The van der Waals surface area contributed by atoms with Crippen LogP contribution in [0.2, 0.25) is 0 Å². The number of allylic oxidation sites excluding steroid dienone is 1. The van der Waals surface area contributed by atoms with Crippen molar-refractivity contribution >= 4 is 17.5 Å². The highest BCUT2D eigenvalue weighted by Gasteiger charge is 2.63. The highest BCUT2D eigenvalue weighted by molar-refractivity contribution is 6.24. The first-order chi connectivity index (χ1) is 17.5. The van der Waals surface area contributed by atoms with Gasteiger partial charge in [-0.25, -0.2) is 0 Å². The number of piperidine rings is 1. The van der Waals surface area contributed by atoms with Gasteiger partial charge >= 0.3 is 0 Å². The Bertz CT molecular complexity index is 1260. The fourth-order valence-electron chi connectivity index (χ4n) is 6.75. The van der Waals surface area contributed by atoms with Gasteiger partial charge in [-0.3, -0.25) is 24.2 Å². The maximum atomic E-state index is 13.8. The molecule has 1 aromatic rings. The summed E-state index contributed by atoms with van der Waals surface area (Å²) in [5.74, 6) is -6.26. The van der Waals surface area contributed by atoms with Gasteiger partial charge in [-0.15, -0.1) is 0 Å². The Hall–Kier alpha value is -3.21. The average molecular weight is 512 g/mol. The number of aliphatic hydroxyl groups is 3. The zero-order valence-corrected chi connectivity index (χ0v) is 21.0. The number of rotatable bonds is 4. The predicted molar refractivity (Wildman–Crippen MR) is 133 cm³/mol. The smallest absolute Gasteiger partial charge is 0.255 e. The normalized spacial score (nSPS) is 30.3. The lowest BCUT2D eigenvalue weighted by atomic mass is 9.58. The van der Waals surface area contributed by atoms with Gasteiger partial charge in [0.2, 0.25) is 5.78 Å². The number of aliphatic hydroxyl groups excluding tert-OH is 2. The summed E-state index contributed by atoms with van der Waals surface area (Å²) in [5, 5.41) is 45.0.